The van der Waals surface area contributed by atoms with Gasteiger partial charge >= 0.3 is 6.09 Å². The van der Waals surface area contributed by atoms with Crippen LogP contribution in [-0.4, -0.2) is 58.1 Å². The van der Waals surface area contributed by atoms with Gasteiger partial charge in [-0.1, -0.05) is 47.3 Å². The zero-order valence-corrected chi connectivity index (χ0v) is 23.1. The van der Waals surface area contributed by atoms with Gasteiger partial charge in [-0.15, -0.1) is 11.3 Å². The largest absolute Gasteiger partial charge is 0.445 e. The molecule has 0 saturated heterocycles. The van der Waals surface area contributed by atoms with Crippen molar-refractivity contribution in [1.29, 1.82) is 0 Å². The molecule has 0 spiro atoms. The summed E-state index contributed by atoms with van der Waals surface area (Å²) in [4.78, 5) is 42.3. The minimum Gasteiger partial charge on any atom is -0.445 e. The number of carbonyl (C=O) groups is 2. The van der Waals surface area contributed by atoms with Crippen molar-refractivity contribution in [1.82, 2.24) is 25.2 Å². The summed E-state index contributed by atoms with van der Waals surface area (Å²) >= 11 is 1.61. The molecular formula is C27H36N6O3S. The summed E-state index contributed by atoms with van der Waals surface area (Å²) in [6, 6.07) is 3.75. The number of carbonyl (C=O) groups excluding carboxylic acids is 2. The van der Waals surface area contributed by atoms with Gasteiger partial charge in [0.15, 0.2) is 5.82 Å². The molecule has 0 atom stereocenters. The maximum atomic E-state index is 12.9. The molecule has 0 unspecified atom stereocenters. The van der Waals surface area contributed by atoms with Gasteiger partial charge in [0.25, 0.3) is 0 Å². The van der Waals surface area contributed by atoms with Crippen molar-refractivity contribution < 1.29 is 14.3 Å². The quantitative estimate of drug-likeness (QED) is 0.329. The Labute approximate surface area is 222 Å². The van der Waals surface area contributed by atoms with E-state index in [1.54, 1.807) is 23.7 Å². The lowest BCUT2D eigenvalue weighted by Gasteiger charge is -2.32. The highest BCUT2D eigenvalue weighted by Gasteiger charge is 2.32. The third kappa shape index (κ3) is 6.82. The average molecular weight is 525 g/mol. The molecule has 2 amide bonds. The van der Waals surface area contributed by atoms with E-state index in [1.165, 1.54) is 11.6 Å². The van der Waals surface area contributed by atoms with Crippen LogP contribution >= 0.6 is 11.3 Å². The van der Waals surface area contributed by atoms with Crippen molar-refractivity contribution in [3.8, 4) is 11.4 Å². The van der Waals surface area contributed by atoms with E-state index in [0.29, 0.717) is 32.0 Å². The van der Waals surface area contributed by atoms with Gasteiger partial charge in [0.2, 0.25) is 5.91 Å². The smallest absolute Gasteiger partial charge is 0.407 e. The van der Waals surface area contributed by atoms with Crippen molar-refractivity contribution in [2.75, 3.05) is 31.6 Å². The monoisotopic (exact) mass is 524 g/mol. The minimum atomic E-state index is -0.492. The number of rotatable bonds is 7. The summed E-state index contributed by atoms with van der Waals surface area (Å²) < 4.78 is 4.95. The van der Waals surface area contributed by atoms with Crippen LogP contribution in [0.5, 0.6) is 0 Å². The number of fused-ring (bicyclic) bond motifs is 3. The summed E-state index contributed by atoms with van der Waals surface area (Å²) in [7, 11) is 0. The predicted octanol–water partition coefficient (Wildman–Crippen LogP) is 5.03. The number of nitrogens with one attached hydrogen (secondary N) is 2. The number of hydrogen-bond acceptors (Lipinski definition) is 8. The Morgan fingerprint density at radius 1 is 1.19 bits per heavy atom. The van der Waals surface area contributed by atoms with Crippen LogP contribution in [0.1, 0.15) is 45.1 Å². The van der Waals surface area contributed by atoms with Crippen molar-refractivity contribution >= 4 is 39.4 Å². The molecule has 4 rings (SSSR count). The Balaban J connectivity index is 0.00000186. The molecule has 0 aromatic carbocycles. The van der Waals surface area contributed by atoms with Gasteiger partial charge in [0.1, 0.15) is 17.3 Å². The molecule has 0 bridgehead atoms. The highest BCUT2D eigenvalue weighted by molar-refractivity contribution is 7.19. The molecule has 37 heavy (non-hydrogen) atoms. The molecule has 4 heterocycles. The Kier molecular flexibility index (Phi) is 9.57. The van der Waals surface area contributed by atoms with Crippen LogP contribution in [0.15, 0.2) is 37.2 Å². The van der Waals surface area contributed by atoms with Gasteiger partial charge in [0, 0.05) is 47.9 Å². The van der Waals surface area contributed by atoms with Crippen LogP contribution in [0.4, 0.5) is 10.6 Å². The van der Waals surface area contributed by atoms with Crippen LogP contribution in [0.2, 0.25) is 0 Å². The van der Waals surface area contributed by atoms with Gasteiger partial charge < -0.3 is 20.3 Å². The molecule has 0 aliphatic carbocycles. The molecule has 0 radical (unpaired) electrons. The predicted molar refractivity (Wildman–Crippen MR) is 149 cm³/mol. The maximum absolute atomic E-state index is 12.9. The first kappa shape index (κ1) is 28.0. The summed E-state index contributed by atoms with van der Waals surface area (Å²) in [5.74, 6) is 1.47. The Hall–Kier alpha value is -3.53. The Morgan fingerprint density at radius 2 is 1.92 bits per heavy atom. The van der Waals surface area contributed by atoms with Crippen molar-refractivity contribution in [3.05, 3.63) is 47.6 Å². The molecule has 3 aromatic rings. The minimum absolute atomic E-state index is 0.150. The first-order valence-electron chi connectivity index (χ1n) is 12.6. The lowest BCUT2D eigenvalue weighted by molar-refractivity contribution is -0.140. The average Bonchev–Trinajstić information content (AvgIpc) is 3.28. The van der Waals surface area contributed by atoms with Gasteiger partial charge in [-0.05, 0) is 24.1 Å². The van der Waals surface area contributed by atoms with Crippen molar-refractivity contribution in [2.24, 2.45) is 5.41 Å². The maximum Gasteiger partial charge on any atom is 0.407 e. The van der Waals surface area contributed by atoms with E-state index >= 15 is 0 Å². The molecular weight excluding hydrogens is 488 g/mol. The molecule has 198 valence electrons. The first-order valence-corrected chi connectivity index (χ1v) is 13.4. The van der Waals surface area contributed by atoms with E-state index < -0.39 is 11.5 Å². The highest BCUT2D eigenvalue weighted by atomic mass is 32.1. The van der Waals surface area contributed by atoms with Crippen LogP contribution < -0.4 is 10.6 Å². The van der Waals surface area contributed by atoms with Crippen LogP contribution in [-0.2, 0) is 22.5 Å². The normalized spacial score (nSPS) is 12.7. The fraction of sp³-hybridized carbons (Fsp3) is 0.444. The highest BCUT2D eigenvalue weighted by Crippen LogP contribution is 2.39. The fourth-order valence-electron chi connectivity index (χ4n) is 3.93. The van der Waals surface area contributed by atoms with E-state index in [1.807, 2.05) is 51.7 Å². The number of thiophene rings is 1. The van der Waals surface area contributed by atoms with E-state index in [4.69, 9.17) is 14.7 Å². The fourth-order valence-corrected chi connectivity index (χ4v) is 5.17. The molecule has 0 saturated carbocycles. The number of anilines is 1. The van der Waals surface area contributed by atoms with Gasteiger partial charge in [-0.2, -0.15) is 0 Å². The zero-order valence-electron chi connectivity index (χ0n) is 22.3. The first-order chi connectivity index (χ1) is 17.8. The molecule has 1 aliphatic heterocycles. The Bertz CT molecular complexity index is 1240. The number of aromatic nitrogens is 3. The molecule has 1 aliphatic rings. The number of amides is 2. The van der Waals surface area contributed by atoms with Gasteiger partial charge in [-0.25, -0.2) is 14.8 Å². The number of alkyl carbamates (subject to hydrolysis) is 1. The number of hydrogen-bond donors (Lipinski definition) is 2. The Morgan fingerprint density at radius 3 is 2.59 bits per heavy atom. The molecule has 2 N–H and O–H groups in total. The summed E-state index contributed by atoms with van der Waals surface area (Å²) in [5.41, 5.74) is 1.63. The second-order valence-corrected chi connectivity index (χ2v) is 10.4. The van der Waals surface area contributed by atoms with Crippen molar-refractivity contribution in [2.45, 2.75) is 47.6 Å². The third-order valence-electron chi connectivity index (χ3n) is 5.59. The molecule has 9 nitrogen and oxygen atoms in total. The number of pyridine rings is 1. The van der Waals surface area contributed by atoms with E-state index in [0.717, 1.165) is 32.9 Å². The summed E-state index contributed by atoms with van der Waals surface area (Å²) in [6.45, 7) is 15.6. The molecule has 0 fully saturated rings. The summed E-state index contributed by atoms with van der Waals surface area (Å²) in [5, 5.41) is 7.06. The lowest BCUT2D eigenvalue weighted by Crippen LogP contribution is -2.42. The summed E-state index contributed by atoms with van der Waals surface area (Å²) in [6.07, 6.45) is 5.20. The molecule has 3 aromatic heterocycles. The molecule has 10 heteroatoms. The number of nitrogens with zero attached hydrogens (tertiary/aromatic N) is 4. The SMILES string of the molecule is C=CCOC(=O)NCCNc1nc(-c2ccncc2)nc2sc3c(c12)CCN(C(=O)C(C)(C)C)C3.CC. The van der Waals surface area contributed by atoms with E-state index in [-0.39, 0.29) is 12.5 Å². The van der Waals surface area contributed by atoms with Crippen LogP contribution in [0, 0.1) is 5.41 Å². The zero-order chi connectivity index (χ0) is 27.0. The van der Waals surface area contributed by atoms with E-state index in [2.05, 4.69) is 22.2 Å². The van der Waals surface area contributed by atoms with Gasteiger partial charge in [0.05, 0.1) is 11.9 Å². The second-order valence-electron chi connectivity index (χ2n) is 9.28. The lowest BCUT2D eigenvalue weighted by atomic mass is 9.93. The topological polar surface area (TPSA) is 109 Å². The van der Waals surface area contributed by atoms with Gasteiger partial charge in [-0.3, -0.25) is 9.78 Å². The number of ether oxygens (including phenoxy) is 1. The van der Waals surface area contributed by atoms with Crippen molar-refractivity contribution in [3.63, 3.8) is 0 Å². The van der Waals surface area contributed by atoms with E-state index in [9.17, 15) is 9.59 Å². The second kappa shape index (κ2) is 12.6. The standard InChI is InChI=1S/C25H30N6O3S.C2H6/c1-5-14-34-24(33)28-12-11-27-21-19-17-8-13-31(23(32)25(2,3)4)15-18(17)35-22(19)30-20(29-21)16-6-9-26-10-7-16;1-2/h5-7,9-10H,1,8,11-15H2,2-4H3,(H,28,33)(H,27,29,30);1-2H3. The van der Waals surface area contributed by atoms with Crippen LogP contribution in [0.25, 0.3) is 21.6 Å². The third-order valence-corrected chi connectivity index (χ3v) is 6.70. The van der Waals surface area contributed by atoms with Crippen LogP contribution in [0.3, 0.4) is 0 Å².